The van der Waals surface area contributed by atoms with Gasteiger partial charge in [-0.1, -0.05) is 12.1 Å². The fraction of sp³-hybridized carbons (Fsp3) is 0.529. The number of nitrogens with zero attached hydrogens (tertiary/aromatic N) is 3. The van der Waals surface area contributed by atoms with Crippen LogP contribution in [0, 0.1) is 11.3 Å². The highest BCUT2D eigenvalue weighted by atomic mass is 16.5. The van der Waals surface area contributed by atoms with E-state index in [2.05, 4.69) is 15.5 Å². The Morgan fingerprint density at radius 3 is 3.04 bits per heavy atom. The van der Waals surface area contributed by atoms with Crippen molar-refractivity contribution >= 4 is 17.0 Å². The maximum absolute atomic E-state index is 11.8. The Morgan fingerprint density at radius 2 is 2.30 bits per heavy atom. The van der Waals surface area contributed by atoms with Crippen molar-refractivity contribution in [3.63, 3.8) is 0 Å². The molecule has 2 fully saturated rings. The normalized spacial score (nSPS) is 28.1. The number of carboxylic acids is 1. The Hall–Kier alpha value is -1.92. The maximum atomic E-state index is 11.8. The summed E-state index contributed by atoms with van der Waals surface area (Å²) < 4.78 is 7.59. The molecule has 6 heteroatoms. The molecule has 0 amide bonds. The molecule has 1 N–H and O–H groups in total. The molecule has 2 atom stereocenters. The van der Waals surface area contributed by atoms with Crippen molar-refractivity contribution in [1.82, 2.24) is 14.5 Å². The highest BCUT2D eigenvalue weighted by molar-refractivity contribution is 5.77. The van der Waals surface area contributed by atoms with Gasteiger partial charge in [0, 0.05) is 26.7 Å². The van der Waals surface area contributed by atoms with Crippen molar-refractivity contribution in [3.8, 4) is 0 Å². The zero-order valence-electron chi connectivity index (χ0n) is 13.2. The van der Waals surface area contributed by atoms with Crippen molar-refractivity contribution in [2.75, 3.05) is 26.3 Å². The topological polar surface area (TPSA) is 67.6 Å². The standard InChI is InChI=1S/C17H21N3O3/c1-19-14-5-3-2-4-13(14)18-15(19)9-20-8-12-6-7-23-11-17(12,10-20)16(21)22/h2-5,12H,6-11H2,1H3,(H,21,22)/t12-,17+/m0/s1. The molecule has 0 saturated carbocycles. The van der Waals surface area contributed by atoms with Gasteiger partial charge in [-0.25, -0.2) is 4.98 Å². The number of carboxylic acid groups (broad SMARTS) is 1. The summed E-state index contributed by atoms with van der Waals surface area (Å²) in [5, 5.41) is 9.72. The molecule has 1 aromatic carbocycles. The largest absolute Gasteiger partial charge is 0.481 e. The van der Waals surface area contributed by atoms with Crippen LogP contribution in [0.25, 0.3) is 11.0 Å². The summed E-state index contributed by atoms with van der Waals surface area (Å²) >= 11 is 0. The number of para-hydroxylation sites is 2. The molecule has 2 aliphatic rings. The Labute approximate surface area is 134 Å². The summed E-state index contributed by atoms with van der Waals surface area (Å²) in [5.74, 6) is 0.421. The molecule has 2 aliphatic heterocycles. The molecule has 23 heavy (non-hydrogen) atoms. The second kappa shape index (κ2) is 5.32. The summed E-state index contributed by atoms with van der Waals surface area (Å²) in [6.07, 6.45) is 0.825. The average molecular weight is 315 g/mol. The van der Waals surface area contributed by atoms with E-state index in [9.17, 15) is 9.90 Å². The van der Waals surface area contributed by atoms with E-state index in [1.165, 1.54) is 0 Å². The average Bonchev–Trinajstić information content (AvgIpc) is 3.07. The highest BCUT2D eigenvalue weighted by Gasteiger charge is 2.54. The molecule has 1 aromatic heterocycles. The number of likely N-dealkylation sites (tertiary alicyclic amines) is 1. The summed E-state index contributed by atoms with van der Waals surface area (Å²) in [4.78, 5) is 18.8. The molecule has 0 bridgehead atoms. The first-order valence-corrected chi connectivity index (χ1v) is 8.04. The second-order valence-corrected chi connectivity index (χ2v) is 6.74. The molecule has 0 spiro atoms. The van der Waals surface area contributed by atoms with Gasteiger partial charge in [0.2, 0.25) is 0 Å². The molecule has 0 unspecified atom stereocenters. The lowest BCUT2D eigenvalue weighted by molar-refractivity contribution is -0.159. The Balaban J connectivity index is 1.60. The monoisotopic (exact) mass is 315 g/mol. The first-order chi connectivity index (χ1) is 11.1. The molecule has 122 valence electrons. The zero-order chi connectivity index (χ0) is 16.0. The number of carbonyl (C=O) groups is 1. The SMILES string of the molecule is Cn1c(CN2C[C@@H]3CCOC[C@]3(C(=O)O)C2)nc2ccccc21. The number of aryl methyl sites for hydroxylation is 1. The number of imidazole rings is 1. The molecule has 4 rings (SSSR count). The van der Waals surface area contributed by atoms with Crippen LogP contribution in [0.4, 0.5) is 0 Å². The van der Waals surface area contributed by atoms with E-state index < -0.39 is 11.4 Å². The number of fused-ring (bicyclic) bond motifs is 2. The van der Waals surface area contributed by atoms with E-state index in [1.807, 2.05) is 25.2 Å². The van der Waals surface area contributed by atoms with Gasteiger partial charge in [-0.3, -0.25) is 9.69 Å². The second-order valence-electron chi connectivity index (χ2n) is 6.74. The first kappa shape index (κ1) is 14.7. The summed E-state index contributed by atoms with van der Waals surface area (Å²) in [5.41, 5.74) is 1.34. The molecular formula is C17H21N3O3. The first-order valence-electron chi connectivity index (χ1n) is 8.04. The van der Waals surface area contributed by atoms with Crippen molar-refractivity contribution in [1.29, 1.82) is 0 Å². The molecule has 6 nitrogen and oxygen atoms in total. The van der Waals surface area contributed by atoms with Crippen molar-refractivity contribution in [3.05, 3.63) is 30.1 Å². The van der Waals surface area contributed by atoms with Crippen LogP contribution < -0.4 is 0 Å². The summed E-state index contributed by atoms with van der Waals surface area (Å²) in [6.45, 7) is 3.01. The zero-order valence-corrected chi connectivity index (χ0v) is 13.2. The quantitative estimate of drug-likeness (QED) is 0.929. The van der Waals surface area contributed by atoms with Crippen LogP contribution in [0.2, 0.25) is 0 Å². The van der Waals surface area contributed by atoms with Crippen LogP contribution in [-0.2, 0) is 23.1 Å². The lowest BCUT2D eigenvalue weighted by atomic mass is 9.76. The molecule has 2 aromatic rings. The Morgan fingerprint density at radius 1 is 1.48 bits per heavy atom. The van der Waals surface area contributed by atoms with Gasteiger partial charge in [-0.05, 0) is 24.5 Å². The van der Waals surface area contributed by atoms with E-state index >= 15 is 0 Å². The molecule has 0 aliphatic carbocycles. The predicted molar refractivity (Wildman–Crippen MR) is 85.0 cm³/mol. The van der Waals surface area contributed by atoms with E-state index in [0.29, 0.717) is 26.3 Å². The highest BCUT2D eigenvalue weighted by Crippen LogP contribution is 2.42. The molecular weight excluding hydrogens is 294 g/mol. The van der Waals surface area contributed by atoms with E-state index in [4.69, 9.17) is 9.72 Å². The minimum Gasteiger partial charge on any atom is -0.481 e. The number of hydrogen-bond donors (Lipinski definition) is 1. The van der Waals surface area contributed by atoms with Crippen LogP contribution in [0.1, 0.15) is 12.2 Å². The van der Waals surface area contributed by atoms with Gasteiger partial charge in [0.15, 0.2) is 0 Å². The number of hydrogen-bond acceptors (Lipinski definition) is 4. The fourth-order valence-electron chi connectivity index (χ4n) is 4.05. The number of ether oxygens (including phenoxy) is 1. The van der Waals surface area contributed by atoms with Crippen LogP contribution in [0.5, 0.6) is 0 Å². The number of benzene rings is 1. The van der Waals surface area contributed by atoms with Gasteiger partial charge in [0.1, 0.15) is 11.2 Å². The maximum Gasteiger partial charge on any atom is 0.313 e. The van der Waals surface area contributed by atoms with Gasteiger partial charge in [0.25, 0.3) is 0 Å². The Bertz CT molecular complexity index is 757. The number of rotatable bonds is 3. The minimum atomic E-state index is -0.747. The Kier molecular flexibility index (Phi) is 3.39. The van der Waals surface area contributed by atoms with Gasteiger partial charge in [0.05, 0.1) is 24.2 Å². The fourth-order valence-corrected chi connectivity index (χ4v) is 4.05. The third kappa shape index (κ3) is 2.24. The van der Waals surface area contributed by atoms with Crippen molar-refractivity contribution in [2.24, 2.45) is 18.4 Å². The predicted octanol–water partition coefficient (Wildman–Crippen LogP) is 1.50. The third-order valence-electron chi connectivity index (χ3n) is 5.41. The van der Waals surface area contributed by atoms with Gasteiger partial charge in [-0.2, -0.15) is 0 Å². The van der Waals surface area contributed by atoms with Crippen LogP contribution in [0.15, 0.2) is 24.3 Å². The van der Waals surface area contributed by atoms with Crippen molar-refractivity contribution < 1.29 is 14.6 Å². The van der Waals surface area contributed by atoms with E-state index in [1.54, 1.807) is 0 Å². The minimum absolute atomic E-state index is 0.170. The lowest BCUT2D eigenvalue weighted by Crippen LogP contribution is -2.46. The summed E-state index contributed by atoms with van der Waals surface area (Å²) in [7, 11) is 2.02. The smallest absolute Gasteiger partial charge is 0.313 e. The van der Waals surface area contributed by atoms with Gasteiger partial charge < -0.3 is 14.4 Å². The molecule has 2 saturated heterocycles. The van der Waals surface area contributed by atoms with Gasteiger partial charge >= 0.3 is 5.97 Å². The molecule has 0 radical (unpaired) electrons. The van der Waals surface area contributed by atoms with Crippen molar-refractivity contribution in [2.45, 2.75) is 13.0 Å². The third-order valence-corrected chi connectivity index (χ3v) is 5.41. The van der Waals surface area contributed by atoms with E-state index in [-0.39, 0.29) is 5.92 Å². The van der Waals surface area contributed by atoms with Crippen LogP contribution >= 0.6 is 0 Å². The van der Waals surface area contributed by atoms with Crippen LogP contribution in [0.3, 0.4) is 0 Å². The lowest BCUT2D eigenvalue weighted by Gasteiger charge is -2.34. The van der Waals surface area contributed by atoms with E-state index in [0.717, 1.165) is 29.8 Å². The van der Waals surface area contributed by atoms with Crippen LogP contribution in [-0.4, -0.2) is 51.8 Å². The number of aliphatic carboxylic acids is 1. The number of aromatic nitrogens is 2. The summed E-state index contributed by atoms with van der Waals surface area (Å²) in [6, 6.07) is 8.06. The molecule has 3 heterocycles. The van der Waals surface area contributed by atoms with Gasteiger partial charge in [-0.15, -0.1) is 0 Å².